The quantitative estimate of drug-likeness (QED) is 0.809. The molecule has 1 aromatic carbocycles. The number of hydrogen-bond donors (Lipinski definition) is 0. The number of hydrogen-bond acceptors (Lipinski definition) is 3. The van der Waals surface area contributed by atoms with E-state index in [9.17, 15) is 0 Å². The fraction of sp³-hybridized carbons (Fsp3) is 0.308. The van der Waals surface area contributed by atoms with Crippen molar-refractivity contribution in [1.29, 1.82) is 0 Å². The molecule has 2 heterocycles. The standard InChI is InChI=1S/C13H14N2O2/c1-2-4-11(5-3-1)9-15-10-14-8-12(15)13-16-6-7-17-13/h1-5,8,10,13H,6-7,9H2. The zero-order valence-corrected chi connectivity index (χ0v) is 9.45. The van der Waals surface area contributed by atoms with E-state index in [1.54, 1.807) is 6.20 Å². The molecule has 1 aliphatic heterocycles. The molecule has 4 nitrogen and oxygen atoms in total. The minimum absolute atomic E-state index is 0.263. The molecule has 1 fully saturated rings. The van der Waals surface area contributed by atoms with Crippen molar-refractivity contribution in [1.82, 2.24) is 9.55 Å². The zero-order chi connectivity index (χ0) is 11.5. The summed E-state index contributed by atoms with van der Waals surface area (Å²) < 4.78 is 13.0. The topological polar surface area (TPSA) is 36.3 Å². The minimum atomic E-state index is -0.263. The van der Waals surface area contributed by atoms with Crippen LogP contribution in [0.2, 0.25) is 0 Å². The Morgan fingerprint density at radius 1 is 1.18 bits per heavy atom. The van der Waals surface area contributed by atoms with Gasteiger partial charge in [-0.15, -0.1) is 0 Å². The molecule has 0 bridgehead atoms. The molecule has 0 N–H and O–H groups in total. The fourth-order valence-electron chi connectivity index (χ4n) is 1.97. The van der Waals surface area contributed by atoms with Crippen LogP contribution in [0, 0.1) is 0 Å². The third kappa shape index (κ3) is 2.23. The predicted molar refractivity (Wildman–Crippen MR) is 62.4 cm³/mol. The lowest BCUT2D eigenvalue weighted by molar-refractivity contribution is -0.0494. The Balaban J connectivity index is 1.81. The molecule has 17 heavy (non-hydrogen) atoms. The first-order valence-corrected chi connectivity index (χ1v) is 5.70. The van der Waals surface area contributed by atoms with Gasteiger partial charge in [0, 0.05) is 6.54 Å². The largest absolute Gasteiger partial charge is 0.345 e. The van der Waals surface area contributed by atoms with Gasteiger partial charge in [0.15, 0.2) is 0 Å². The third-order valence-corrected chi connectivity index (χ3v) is 2.80. The van der Waals surface area contributed by atoms with E-state index in [1.807, 2.05) is 24.5 Å². The summed E-state index contributed by atoms with van der Waals surface area (Å²) in [5.41, 5.74) is 2.22. The molecule has 3 rings (SSSR count). The first-order valence-electron chi connectivity index (χ1n) is 5.70. The molecule has 0 atom stereocenters. The molecule has 0 radical (unpaired) electrons. The van der Waals surface area contributed by atoms with Crippen LogP contribution in [0.4, 0.5) is 0 Å². The first-order chi connectivity index (χ1) is 8.43. The van der Waals surface area contributed by atoms with Gasteiger partial charge < -0.3 is 14.0 Å². The number of aromatic nitrogens is 2. The molecule has 1 saturated heterocycles. The summed E-state index contributed by atoms with van der Waals surface area (Å²) in [6.07, 6.45) is 3.35. The van der Waals surface area contributed by atoms with Crippen molar-refractivity contribution in [2.75, 3.05) is 13.2 Å². The van der Waals surface area contributed by atoms with Gasteiger partial charge in [-0.1, -0.05) is 30.3 Å². The average molecular weight is 230 g/mol. The van der Waals surface area contributed by atoms with Gasteiger partial charge in [0.1, 0.15) is 0 Å². The van der Waals surface area contributed by atoms with E-state index < -0.39 is 0 Å². The average Bonchev–Trinajstić information content (AvgIpc) is 3.00. The Morgan fingerprint density at radius 2 is 1.94 bits per heavy atom. The molecular formula is C13H14N2O2. The lowest BCUT2D eigenvalue weighted by Gasteiger charge is -2.12. The van der Waals surface area contributed by atoms with Gasteiger partial charge in [-0.3, -0.25) is 0 Å². The van der Waals surface area contributed by atoms with Gasteiger partial charge in [-0.05, 0) is 5.56 Å². The number of benzene rings is 1. The van der Waals surface area contributed by atoms with Crippen molar-refractivity contribution >= 4 is 0 Å². The number of ether oxygens (including phenoxy) is 2. The lowest BCUT2D eigenvalue weighted by atomic mass is 10.2. The maximum Gasteiger partial charge on any atom is 0.200 e. The number of nitrogens with zero attached hydrogens (tertiary/aromatic N) is 2. The monoisotopic (exact) mass is 230 g/mol. The Bertz CT molecular complexity index is 475. The second-order valence-corrected chi connectivity index (χ2v) is 4.01. The van der Waals surface area contributed by atoms with Crippen LogP contribution < -0.4 is 0 Å². The normalized spacial score (nSPS) is 16.5. The van der Waals surface area contributed by atoms with Crippen LogP contribution in [0.25, 0.3) is 0 Å². The van der Waals surface area contributed by atoms with Gasteiger partial charge in [0.2, 0.25) is 6.29 Å². The molecule has 0 saturated carbocycles. The molecule has 1 aliphatic rings. The van der Waals surface area contributed by atoms with Gasteiger partial charge in [-0.2, -0.15) is 0 Å². The highest BCUT2D eigenvalue weighted by Gasteiger charge is 2.21. The lowest BCUT2D eigenvalue weighted by Crippen LogP contribution is -2.08. The maximum atomic E-state index is 5.49. The summed E-state index contributed by atoms with van der Waals surface area (Å²) in [4.78, 5) is 4.17. The molecule has 0 aliphatic carbocycles. The zero-order valence-electron chi connectivity index (χ0n) is 9.45. The van der Waals surface area contributed by atoms with Crippen molar-refractivity contribution in [2.45, 2.75) is 12.8 Å². The van der Waals surface area contributed by atoms with Crippen molar-refractivity contribution in [3.63, 3.8) is 0 Å². The Kier molecular flexibility index (Phi) is 2.90. The van der Waals surface area contributed by atoms with Crippen LogP contribution in [-0.2, 0) is 16.0 Å². The molecule has 2 aromatic rings. The van der Waals surface area contributed by atoms with E-state index in [4.69, 9.17) is 9.47 Å². The molecule has 0 spiro atoms. The summed E-state index contributed by atoms with van der Waals surface area (Å²) in [7, 11) is 0. The fourth-order valence-corrected chi connectivity index (χ4v) is 1.97. The van der Waals surface area contributed by atoms with E-state index >= 15 is 0 Å². The molecule has 4 heteroatoms. The Labute approximate surface area is 99.8 Å². The van der Waals surface area contributed by atoms with Gasteiger partial charge >= 0.3 is 0 Å². The maximum absolute atomic E-state index is 5.49. The van der Waals surface area contributed by atoms with Crippen molar-refractivity contribution in [3.05, 3.63) is 54.1 Å². The van der Waals surface area contributed by atoms with E-state index in [2.05, 4.69) is 21.7 Å². The summed E-state index contributed by atoms with van der Waals surface area (Å²) in [5, 5.41) is 0. The second-order valence-electron chi connectivity index (χ2n) is 4.01. The molecule has 0 unspecified atom stereocenters. The summed E-state index contributed by atoms with van der Waals surface area (Å²) in [6, 6.07) is 10.3. The van der Waals surface area contributed by atoms with E-state index in [0.29, 0.717) is 13.2 Å². The number of rotatable bonds is 3. The third-order valence-electron chi connectivity index (χ3n) is 2.80. The summed E-state index contributed by atoms with van der Waals surface area (Å²) in [6.45, 7) is 2.10. The van der Waals surface area contributed by atoms with Crippen LogP contribution in [0.15, 0.2) is 42.9 Å². The minimum Gasteiger partial charge on any atom is -0.345 e. The Hall–Kier alpha value is -1.65. The van der Waals surface area contributed by atoms with E-state index in [0.717, 1.165) is 12.2 Å². The van der Waals surface area contributed by atoms with Crippen LogP contribution in [0.3, 0.4) is 0 Å². The van der Waals surface area contributed by atoms with Crippen molar-refractivity contribution in [3.8, 4) is 0 Å². The van der Waals surface area contributed by atoms with Crippen LogP contribution in [0.5, 0.6) is 0 Å². The number of imidazole rings is 1. The summed E-state index contributed by atoms with van der Waals surface area (Å²) in [5.74, 6) is 0. The predicted octanol–water partition coefficient (Wildman–Crippen LogP) is 1.98. The van der Waals surface area contributed by atoms with Crippen molar-refractivity contribution < 1.29 is 9.47 Å². The van der Waals surface area contributed by atoms with Crippen LogP contribution in [0.1, 0.15) is 17.5 Å². The van der Waals surface area contributed by atoms with Gasteiger partial charge in [-0.25, -0.2) is 4.98 Å². The first kappa shape index (κ1) is 10.5. The van der Waals surface area contributed by atoms with E-state index in [-0.39, 0.29) is 6.29 Å². The molecule has 0 amide bonds. The summed E-state index contributed by atoms with van der Waals surface area (Å²) >= 11 is 0. The molecule has 1 aromatic heterocycles. The highest BCUT2D eigenvalue weighted by Crippen LogP contribution is 2.23. The second kappa shape index (κ2) is 4.69. The van der Waals surface area contributed by atoms with E-state index in [1.165, 1.54) is 5.56 Å². The molecular weight excluding hydrogens is 216 g/mol. The van der Waals surface area contributed by atoms with Gasteiger partial charge in [0.25, 0.3) is 0 Å². The van der Waals surface area contributed by atoms with Crippen molar-refractivity contribution in [2.24, 2.45) is 0 Å². The Morgan fingerprint density at radius 3 is 2.71 bits per heavy atom. The SMILES string of the molecule is c1ccc(Cn2cncc2C2OCCO2)cc1. The van der Waals surface area contributed by atoms with Gasteiger partial charge in [0.05, 0.1) is 31.4 Å². The highest BCUT2D eigenvalue weighted by atomic mass is 16.7. The smallest absolute Gasteiger partial charge is 0.200 e. The molecule has 88 valence electrons. The van der Waals surface area contributed by atoms with Crippen LogP contribution >= 0.6 is 0 Å². The highest BCUT2D eigenvalue weighted by molar-refractivity contribution is 5.16. The van der Waals surface area contributed by atoms with Crippen LogP contribution in [-0.4, -0.2) is 22.8 Å².